The predicted octanol–water partition coefficient (Wildman–Crippen LogP) is 6.35. The van der Waals surface area contributed by atoms with Crippen molar-refractivity contribution in [3.63, 3.8) is 0 Å². The van der Waals surface area contributed by atoms with E-state index in [4.69, 9.17) is 9.84 Å². The minimum atomic E-state index is -0.663. The van der Waals surface area contributed by atoms with Crippen LogP contribution in [0, 0.1) is 0 Å². The lowest BCUT2D eigenvalue weighted by atomic mass is 10.1. The molecule has 0 amide bonds. The Kier molecular flexibility index (Phi) is 19.0. The highest BCUT2D eigenvalue weighted by Crippen LogP contribution is 2.11. The quantitative estimate of drug-likeness (QED) is 0.281. The van der Waals surface area contributed by atoms with Gasteiger partial charge in [-0.25, -0.2) is 0 Å². The SMILES string of the molecule is CCCCCCCCOCCCCCCCCCCCC(=O)O. The highest BCUT2D eigenvalue weighted by Gasteiger charge is 1.97. The number of unbranched alkanes of at least 4 members (excludes halogenated alkanes) is 13. The van der Waals surface area contributed by atoms with Gasteiger partial charge in [0.1, 0.15) is 0 Å². The second kappa shape index (κ2) is 19.5. The molecule has 1 N–H and O–H groups in total. The third-order valence-electron chi connectivity index (χ3n) is 4.32. The third kappa shape index (κ3) is 21.4. The molecule has 0 rings (SSSR count). The van der Waals surface area contributed by atoms with Crippen LogP contribution in [0.5, 0.6) is 0 Å². The van der Waals surface area contributed by atoms with Gasteiger partial charge in [-0.1, -0.05) is 84.0 Å². The molecule has 138 valence electrons. The molecule has 0 spiro atoms. The van der Waals surface area contributed by atoms with E-state index >= 15 is 0 Å². The van der Waals surface area contributed by atoms with Crippen LogP contribution in [0.25, 0.3) is 0 Å². The first-order chi connectivity index (χ1) is 11.3. The van der Waals surface area contributed by atoms with Crippen LogP contribution in [0.15, 0.2) is 0 Å². The Morgan fingerprint density at radius 1 is 0.652 bits per heavy atom. The first-order valence-corrected chi connectivity index (χ1v) is 10.1. The summed E-state index contributed by atoms with van der Waals surface area (Å²) in [7, 11) is 0. The van der Waals surface area contributed by atoms with Gasteiger partial charge in [-0.3, -0.25) is 4.79 Å². The van der Waals surface area contributed by atoms with Crippen molar-refractivity contribution in [3.05, 3.63) is 0 Å². The summed E-state index contributed by atoms with van der Waals surface area (Å²) in [5.41, 5.74) is 0. The average molecular weight is 329 g/mol. The van der Waals surface area contributed by atoms with Crippen LogP contribution in [0.3, 0.4) is 0 Å². The van der Waals surface area contributed by atoms with Crippen molar-refractivity contribution in [3.8, 4) is 0 Å². The lowest BCUT2D eigenvalue weighted by Crippen LogP contribution is -1.97. The van der Waals surface area contributed by atoms with Gasteiger partial charge in [0.05, 0.1) is 0 Å². The predicted molar refractivity (Wildman–Crippen MR) is 98.0 cm³/mol. The Balaban J connectivity index is 2.96. The fraction of sp³-hybridized carbons (Fsp3) is 0.950. The Hall–Kier alpha value is -0.570. The first kappa shape index (κ1) is 22.4. The zero-order valence-electron chi connectivity index (χ0n) is 15.5. The molecule has 0 saturated carbocycles. The smallest absolute Gasteiger partial charge is 0.303 e. The third-order valence-corrected chi connectivity index (χ3v) is 4.32. The summed E-state index contributed by atoms with van der Waals surface area (Å²) in [4.78, 5) is 10.4. The van der Waals surface area contributed by atoms with Gasteiger partial charge in [0, 0.05) is 19.6 Å². The number of carboxylic acids is 1. The summed E-state index contributed by atoms with van der Waals surface area (Å²) in [6, 6.07) is 0. The summed E-state index contributed by atoms with van der Waals surface area (Å²) in [6.45, 7) is 4.14. The number of rotatable bonds is 19. The minimum absolute atomic E-state index is 0.332. The lowest BCUT2D eigenvalue weighted by Gasteiger charge is -2.05. The molecule has 0 aliphatic rings. The second-order valence-corrected chi connectivity index (χ2v) is 6.71. The van der Waals surface area contributed by atoms with Gasteiger partial charge in [0.15, 0.2) is 0 Å². The van der Waals surface area contributed by atoms with E-state index in [1.807, 2.05) is 0 Å². The standard InChI is InChI=1S/C20H40O3/c1-2-3-4-5-12-15-18-23-19-16-13-10-8-6-7-9-11-14-17-20(21)22/h2-19H2,1H3,(H,21,22). The fourth-order valence-electron chi connectivity index (χ4n) is 2.80. The summed E-state index contributed by atoms with van der Waals surface area (Å²) in [6.07, 6.45) is 19.1. The van der Waals surface area contributed by atoms with Crippen LogP contribution in [-0.2, 0) is 9.53 Å². The van der Waals surface area contributed by atoms with Crippen molar-refractivity contribution in [1.82, 2.24) is 0 Å². The summed E-state index contributed by atoms with van der Waals surface area (Å²) in [5.74, 6) is -0.663. The van der Waals surface area contributed by atoms with Crippen molar-refractivity contribution in [2.24, 2.45) is 0 Å². The van der Waals surface area contributed by atoms with Gasteiger partial charge < -0.3 is 9.84 Å². The van der Waals surface area contributed by atoms with E-state index in [2.05, 4.69) is 6.92 Å². The van der Waals surface area contributed by atoms with Gasteiger partial charge in [-0.15, -0.1) is 0 Å². The van der Waals surface area contributed by atoms with E-state index in [0.29, 0.717) is 6.42 Å². The largest absolute Gasteiger partial charge is 0.481 e. The van der Waals surface area contributed by atoms with E-state index in [1.54, 1.807) is 0 Å². The molecular weight excluding hydrogens is 288 g/mol. The number of aliphatic carboxylic acids is 1. The van der Waals surface area contributed by atoms with Crippen LogP contribution in [-0.4, -0.2) is 24.3 Å². The normalized spacial score (nSPS) is 11.0. The second-order valence-electron chi connectivity index (χ2n) is 6.71. The van der Waals surface area contributed by atoms with Crippen molar-refractivity contribution in [2.75, 3.05) is 13.2 Å². The van der Waals surface area contributed by atoms with E-state index in [1.165, 1.54) is 83.5 Å². The monoisotopic (exact) mass is 328 g/mol. The molecule has 0 aromatic rings. The number of ether oxygens (including phenoxy) is 1. The van der Waals surface area contributed by atoms with Crippen LogP contribution in [0.1, 0.15) is 110 Å². The van der Waals surface area contributed by atoms with Crippen LogP contribution in [0.4, 0.5) is 0 Å². The average Bonchev–Trinajstić information content (AvgIpc) is 2.53. The van der Waals surface area contributed by atoms with Gasteiger partial charge in [0.25, 0.3) is 0 Å². The van der Waals surface area contributed by atoms with Crippen molar-refractivity contribution >= 4 is 5.97 Å². The molecule has 0 aliphatic heterocycles. The van der Waals surface area contributed by atoms with Crippen LogP contribution < -0.4 is 0 Å². The van der Waals surface area contributed by atoms with E-state index in [0.717, 1.165) is 26.1 Å². The molecule has 0 aliphatic carbocycles. The van der Waals surface area contributed by atoms with E-state index in [9.17, 15) is 4.79 Å². The van der Waals surface area contributed by atoms with Gasteiger partial charge in [0.2, 0.25) is 0 Å². The summed E-state index contributed by atoms with van der Waals surface area (Å²) >= 11 is 0. The molecule has 0 atom stereocenters. The summed E-state index contributed by atoms with van der Waals surface area (Å²) in [5, 5.41) is 8.54. The minimum Gasteiger partial charge on any atom is -0.481 e. The Labute approximate surface area is 144 Å². The van der Waals surface area contributed by atoms with Crippen molar-refractivity contribution < 1.29 is 14.6 Å². The molecule has 23 heavy (non-hydrogen) atoms. The van der Waals surface area contributed by atoms with Crippen LogP contribution >= 0.6 is 0 Å². The van der Waals surface area contributed by atoms with Crippen LogP contribution in [0.2, 0.25) is 0 Å². The molecule has 0 radical (unpaired) electrons. The highest BCUT2D eigenvalue weighted by molar-refractivity contribution is 5.66. The van der Waals surface area contributed by atoms with Gasteiger partial charge in [-0.2, -0.15) is 0 Å². The first-order valence-electron chi connectivity index (χ1n) is 10.1. The molecule has 0 saturated heterocycles. The summed E-state index contributed by atoms with van der Waals surface area (Å²) < 4.78 is 5.68. The van der Waals surface area contributed by atoms with Gasteiger partial charge >= 0.3 is 5.97 Å². The molecule has 0 fully saturated rings. The molecular formula is C20H40O3. The maximum Gasteiger partial charge on any atom is 0.303 e. The molecule has 3 nitrogen and oxygen atoms in total. The molecule has 0 bridgehead atoms. The van der Waals surface area contributed by atoms with E-state index < -0.39 is 5.97 Å². The highest BCUT2D eigenvalue weighted by atomic mass is 16.5. The fourth-order valence-corrected chi connectivity index (χ4v) is 2.80. The molecule has 0 aromatic carbocycles. The molecule has 0 aromatic heterocycles. The number of hydrogen-bond acceptors (Lipinski definition) is 2. The number of hydrogen-bond donors (Lipinski definition) is 1. The van der Waals surface area contributed by atoms with E-state index in [-0.39, 0.29) is 0 Å². The topological polar surface area (TPSA) is 46.5 Å². The maximum absolute atomic E-state index is 10.4. The van der Waals surface area contributed by atoms with Crippen molar-refractivity contribution in [1.29, 1.82) is 0 Å². The Morgan fingerprint density at radius 3 is 1.48 bits per heavy atom. The molecule has 0 unspecified atom stereocenters. The van der Waals surface area contributed by atoms with Crippen molar-refractivity contribution in [2.45, 2.75) is 110 Å². The number of carbonyl (C=O) groups is 1. The molecule has 0 heterocycles. The number of carboxylic acid groups (broad SMARTS) is 1. The lowest BCUT2D eigenvalue weighted by molar-refractivity contribution is -0.137. The zero-order valence-corrected chi connectivity index (χ0v) is 15.5. The maximum atomic E-state index is 10.4. The Morgan fingerprint density at radius 2 is 1.04 bits per heavy atom. The molecule has 3 heteroatoms. The Bertz CT molecular complexity index is 241. The van der Waals surface area contributed by atoms with Gasteiger partial charge in [-0.05, 0) is 19.3 Å². The zero-order chi connectivity index (χ0) is 17.0.